The van der Waals surface area contributed by atoms with Crippen molar-refractivity contribution in [1.82, 2.24) is 10.2 Å². The number of nitro benzene ring substituents is 1. The van der Waals surface area contributed by atoms with E-state index in [1.165, 1.54) is 30.1 Å². The summed E-state index contributed by atoms with van der Waals surface area (Å²) in [5.74, 6) is 0.741. The third-order valence-corrected chi connectivity index (χ3v) is 4.67. The Bertz CT molecular complexity index is 721. The monoisotopic (exact) mass is 375 g/mol. The first-order valence-electron chi connectivity index (χ1n) is 9.60. The molecule has 148 valence electrons. The van der Waals surface area contributed by atoms with E-state index in [4.69, 9.17) is 9.47 Å². The molecule has 0 radical (unpaired) electrons. The van der Waals surface area contributed by atoms with Crippen molar-refractivity contribution in [3.8, 4) is 11.5 Å². The molecule has 27 heavy (non-hydrogen) atoms. The predicted octanol–water partition coefficient (Wildman–Crippen LogP) is 4.63. The molecule has 0 aliphatic rings. The molecular weight excluding hydrogens is 346 g/mol. The smallest absolute Gasteiger partial charge is 0.314 e. The molecule has 0 spiro atoms. The van der Waals surface area contributed by atoms with Gasteiger partial charge >= 0.3 is 5.69 Å². The maximum absolute atomic E-state index is 11.1. The average Bonchev–Trinajstić information content (AvgIpc) is 3.09. The lowest BCUT2D eigenvalue weighted by Crippen LogP contribution is -2.01. The van der Waals surface area contributed by atoms with Gasteiger partial charge < -0.3 is 9.47 Å². The lowest BCUT2D eigenvalue weighted by atomic mass is 10.0. The van der Waals surface area contributed by atoms with Crippen LogP contribution < -0.4 is 9.47 Å². The topological polar surface area (TPSA) is 90.3 Å². The molecule has 7 nitrogen and oxygen atoms in total. The van der Waals surface area contributed by atoms with Crippen LogP contribution in [0.5, 0.6) is 11.5 Å². The van der Waals surface area contributed by atoms with E-state index in [0.29, 0.717) is 18.1 Å². The van der Waals surface area contributed by atoms with E-state index >= 15 is 0 Å². The molecule has 0 saturated carbocycles. The van der Waals surface area contributed by atoms with E-state index in [0.717, 1.165) is 44.9 Å². The number of unbranched alkanes of at least 4 members (excludes halogenated alkanes) is 3. The minimum absolute atomic E-state index is 0.0616. The predicted molar refractivity (Wildman–Crippen MR) is 105 cm³/mol. The summed E-state index contributed by atoms with van der Waals surface area (Å²) in [5, 5.41) is 18.7. The molecule has 0 unspecified atom stereocenters. The largest absolute Gasteiger partial charge is 0.496 e. The number of hydrogen-bond donors (Lipinski definition) is 1. The van der Waals surface area contributed by atoms with Gasteiger partial charge in [0.15, 0.2) is 5.75 Å². The van der Waals surface area contributed by atoms with Crippen molar-refractivity contribution in [2.75, 3.05) is 13.7 Å². The van der Waals surface area contributed by atoms with Crippen LogP contribution in [0.4, 0.5) is 5.69 Å². The normalized spacial score (nSPS) is 10.8. The number of methoxy groups -OCH3 is 1. The Kier molecular flexibility index (Phi) is 8.10. The number of H-pyrrole nitrogens is 1. The minimum atomic E-state index is -0.445. The highest BCUT2D eigenvalue weighted by molar-refractivity contribution is 5.50. The number of aromatic amines is 1. The van der Waals surface area contributed by atoms with Crippen LogP contribution in [0.2, 0.25) is 0 Å². The summed E-state index contributed by atoms with van der Waals surface area (Å²) < 4.78 is 10.6. The minimum Gasteiger partial charge on any atom is -0.496 e. The van der Waals surface area contributed by atoms with Gasteiger partial charge in [0.2, 0.25) is 0 Å². The number of nitro groups is 1. The van der Waals surface area contributed by atoms with Gasteiger partial charge in [0.1, 0.15) is 5.75 Å². The van der Waals surface area contributed by atoms with Gasteiger partial charge in [0.05, 0.1) is 30.4 Å². The fraction of sp³-hybridized carbons (Fsp3) is 0.550. The van der Waals surface area contributed by atoms with Crippen molar-refractivity contribution >= 4 is 5.69 Å². The van der Waals surface area contributed by atoms with Crippen LogP contribution in [-0.2, 0) is 19.3 Å². The highest BCUT2D eigenvalue weighted by Crippen LogP contribution is 2.31. The number of benzene rings is 1. The molecule has 7 heteroatoms. The SMILES string of the molecule is CCc1n[nH]c(CC)c1CCCCCCOc1ccc(OC)cc1[N+](=O)[O-]. The number of nitrogens with one attached hydrogen (secondary N) is 1. The van der Waals surface area contributed by atoms with Crippen LogP contribution >= 0.6 is 0 Å². The van der Waals surface area contributed by atoms with Crippen molar-refractivity contribution in [3.63, 3.8) is 0 Å². The Morgan fingerprint density at radius 1 is 1.15 bits per heavy atom. The zero-order valence-electron chi connectivity index (χ0n) is 16.4. The first kappa shape index (κ1) is 20.7. The Morgan fingerprint density at radius 2 is 1.93 bits per heavy atom. The second kappa shape index (κ2) is 10.5. The van der Waals surface area contributed by atoms with Crippen LogP contribution in [0.3, 0.4) is 0 Å². The first-order chi connectivity index (χ1) is 13.1. The maximum Gasteiger partial charge on any atom is 0.314 e. The summed E-state index contributed by atoms with van der Waals surface area (Å²) >= 11 is 0. The van der Waals surface area contributed by atoms with Gasteiger partial charge in [0, 0.05) is 5.69 Å². The molecule has 2 aromatic rings. The van der Waals surface area contributed by atoms with Crippen molar-refractivity contribution in [3.05, 3.63) is 45.3 Å². The Labute approximate surface area is 160 Å². The fourth-order valence-electron chi connectivity index (χ4n) is 3.15. The van der Waals surface area contributed by atoms with Gasteiger partial charge in [-0.3, -0.25) is 15.2 Å². The summed E-state index contributed by atoms with van der Waals surface area (Å²) in [4.78, 5) is 10.7. The number of rotatable bonds is 12. The zero-order chi connectivity index (χ0) is 19.6. The molecular formula is C20H29N3O4. The van der Waals surface area contributed by atoms with Gasteiger partial charge in [-0.2, -0.15) is 5.10 Å². The Hall–Kier alpha value is -2.57. The molecule has 2 rings (SSSR count). The number of hydrogen-bond acceptors (Lipinski definition) is 5. The third-order valence-electron chi connectivity index (χ3n) is 4.67. The maximum atomic E-state index is 11.1. The summed E-state index contributed by atoms with van der Waals surface area (Å²) in [6.07, 6.45) is 7.11. The molecule has 0 aliphatic carbocycles. The molecule has 0 bridgehead atoms. The first-order valence-corrected chi connectivity index (χ1v) is 9.60. The second-order valence-corrected chi connectivity index (χ2v) is 6.44. The van der Waals surface area contributed by atoms with Crippen molar-refractivity contribution in [1.29, 1.82) is 0 Å². The third kappa shape index (κ3) is 5.70. The highest BCUT2D eigenvalue weighted by Gasteiger charge is 2.16. The summed E-state index contributed by atoms with van der Waals surface area (Å²) in [6, 6.07) is 4.65. The van der Waals surface area contributed by atoms with Crippen LogP contribution in [0.1, 0.15) is 56.5 Å². The van der Waals surface area contributed by atoms with Gasteiger partial charge in [-0.25, -0.2) is 0 Å². The molecule has 1 heterocycles. The molecule has 0 fully saturated rings. The van der Waals surface area contributed by atoms with E-state index in [1.807, 2.05) is 0 Å². The van der Waals surface area contributed by atoms with Gasteiger partial charge in [0.25, 0.3) is 0 Å². The number of ether oxygens (including phenoxy) is 2. The second-order valence-electron chi connectivity index (χ2n) is 6.44. The Morgan fingerprint density at radius 3 is 2.59 bits per heavy atom. The van der Waals surface area contributed by atoms with Gasteiger partial charge in [-0.05, 0) is 49.8 Å². The quantitative estimate of drug-likeness (QED) is 0.332. The van der Waals surface area contributed by atoms with E-state index < -0.39 is 4.92 Å². The Balaban J connectivity index is 1.72. The van der Waals surface area contributed by atoms with Crippen LogP contribution in [0, 0.1) is 10.1 Å². The van der Waals surface area contributed by atoms with Crippen molar-refractivity contribution in [2.24, 2.45) is 0 Å². The van der Waals surface area contributed by atoms with Crippen molar-refractivity contribution in [2.45, 2.75) is 58.8 Å². The van der Waals surface area contributed by atoms with Crippen LogP contribution in [0.25, 0.3) is 0 Å². The average molecular weight is 375 g/mol. The summed E-state index contributed by atoms with van der Waals surface area (Å²) in [7, 11) is 1.48. The lowest BCUT2D eigenvalue weighted by Gasteiger charge is -2.08. The van der Waals surface area contributed by atoms with Crippen LogP contribution in [0.15, 0.2) is 18.2 Å². The number of nitrogens with zero attached hydrogens (tertiary/aromatic N) is 2. The standard InChI is InChI=1S/C20H29N3O4/c1-4-17-16(18(5-2)22-21-17)10-8-6-7-9-13-27-20-12-11-15(26-3)14-19(20)23(24)25/h11-12,14H,4-10,13H2,1-3H3,(H,21,22). The van der Waals surface area contributed by atoms with Gasteiger partial charge in [-0.15, -0.1) is 0 Å². The van der Waals surface area contributed by atoms with Crippen LogP contribution in [-0.4, -0.2) is 28.8 Å². The fourth-order valence-corrected chi connectivity index (χ4v) is 3.15. The van der Waals surface area contributed by atoms with E-state index in [-0.39, 0.29) is 5.69 Å². The lowest BCUT2D eigenvalue weighted by molar-refractivity contribution is -0.385. The van der Waals surface area contributed by atoms with E-state index in [2.05, 4.69) is 24.0 Å². The molecule has 0 saturated heterocycles. The highest BCUT2D eigenvalue weighted by atomic mass is 16.6. The molecule has 0 atom stereocenters. The van der Waals surface area contributed by atoms with E-state index in [1.54, 1.807) is 12.1 Å². The molecule has 1 aromatic carbocycles. The van der Waals surface area contributed by atoms with Crippen molar-refractivity contribution < 1.29 is 14.4 Å². The molecule has 1 aromatic heterocycles. The molecule has 1 N–H and O–H groups in total. The summed E-state index contributed by atoms with van der Waals surface area (Å²) in [5.41, 5.74) is 3.75. The summed E-state index contributed by atoms with van der Waals surface area (Å²) in [6.45, 7) is 4.75. The van der Waals surface area contributed by atoms with Gasteiger partial charge in [-0.1, -0.05) is 26.7 Å². The van der Waals surface area contributed by atoms with E-state index in [9.17, 15) is 10.1 Å². The number of aryl methyl sites for hydroxylation is 2. The molecule has 0 amide bonds. The molecule has 0 aliphatic heterocycles. The zero-order valence-corrected chi connectivity index (χ0v) is 16.4. The number of aromatic nitrogens is 2.